The van der Waals surface area contributed by atoms with Crippen molar-refractivity contribution >= 4 is 65.4 Å². The van der Waals surface area contributed by atoms with Crippen molar-refractivity contribution in [3.05, 3.63) is 565 Å². The fourth-order valence-electron chi connectivity index (χ4n) is 20.3. The Morgan fingerprint density at radius 1 is 0.150 bits per heavy atom. The molecule has 0 aliphatic carbocycles. The van der Waals surface area contributed by atoms with E-state index in [1.54, 1.807) is 0 Å². The molecule has 27 rings (SSSR count). The van der Waals surface area contributed by atoms with Gasteiger partial charge in [0.2, 0.25) is 12.4 Å². The van der Waals surface area contributed by atoms with Crippen LogP contribution in [0.3, 0.4) is 0 Å². The van der Waals surface area contributed by atoms with Crippen molar-refractivity contribution in [2.24, 2.45) is 0 Å². The minimum atomic E-state index is 0.687. The molecule has 0 aliphatic heterocycles. The van der Waals surface area contributed by atoms with Crippen LogP contribution in [0.25, 0.3) is 245 Å². The van der Waals surface area contributed by atoms with Crippen LogP contribution in [0.4, 0.5) is 0 Å². The second-order valence-electron chi connectivity index (χ2n) is 36.8. The van der Waals surface area contributed by atoms with Gasteiger partial charge in [-0.3, -0.25) is 9.13 Å². The summed E-state index contributed by atoms with van der Waals surface area (Å²) in [5, 5.41) is 7.22. The van der Waals surface area contributed by atoms with Gasteiger partial charge in [-0.15, -0.1) is 4.68 Å². The number of hydrogen-bond donors (Lipinski definition) is 0. The Hall–Kier alpha value is -19.8. The van der Waals surface area contributed by atoms with Gasteiger partial charge in [0.25, 0.3) is 0 Å². The highest BCUT2D eigenvalue weighted by Gasteiger charge is 2.25. The number of benzene rings is 18. The van der Waals surface area contributed by atoms with Crippen molar-refractivity contribution in [2.45, 2.75) is 0 Å². The number of aromatic nitrogens is 10. The van der Waals surface area contributed by atoms with E-state index in [1.165, 1.54) is 99.1 Å². The van der Waals surface area contributed by atoms with E-state index in [1.807, 2.05) is 85.2 Å². The molecular weight excluding hydrogens is 1790 g/mol. The van der Waals surface area contributed by atoms with Gasteiger partial charge in [-0.1, -0.05) is 405 Å². The molecule has 0 aliphatic rings. The van der Waals surface area contributed by atoms with Gasteiger partial charge in [0.1, 0.15) is 22.7 Å². The Morgan fingerprint density at radius 3 is 0.653 bits per heavy atom. The monoisotopic (exact) mass is 1880 g/mol. The molecule has 9 aromatic heterocycles. The van der Waals surface area contributed by atoms with E-state index >= 15 is 0 Å². The smallest absolute Gasteiger partial charge is 0.208 e. The summed E-state index contributed by atoms with van der Waals surface area (Å²) in [5.74, 6) is 2.42. The summed E-state index contributed by atoms with van der Waals surface area (Å²) in [6.45, 7) is 0. The largest absolute Gasteiger partial charge is 0.294 e. The number of rotatable bonds is 18. The number of pyridine rings is 5. The first-order chi connectivity index (χ1) is 72.8. The molecule has 0 atom stereocenters. The van der Waals surface area contributed by atoms with Crippen LogP contribution in [0.15, 0.2) is 565 Å². The van der Waals surface area contributed by atoms with E-state index in [9.17, 15) is 0 Å². The van der Waals surface area contributed by atoms with Crippen molar-refractivity contribution in [1.82, 2.24) is 43.7 Å². The minimum absolute atomic E-state index is 0.687. The fraction of sp³-hybridized carbons (Fsp3) is 0. The lowest BCUT2D eigenvalue weighted by Gasteiger charge is -2.12. The van der Waals surface area contributed by atoms with E-state index < -0.39 is 0 Å². The van der Waals surface area contributed by atoms with Crippen LogP contribution < -0.4 is 4.68 Å². The Kier molecular flexibility index (Phi) is 23.9. The van der Waals surface area contributed by atoms with Gasteiger partial charge in [0.15, 0.2) is 5.82 Å². The Labute approximate surface area is 852 Å². The maximum absolute atomic E-state index is 5.11. The van der Waals surface area contributed by atoms with Gasteiger partial charge >= 0.3 is 0 Å². The highest BCUT2D eigenvalue weighted by atomic mass is 15.4. The fourth-order valence-corrected chi connectivity index (χ4v) is 20.3. The number of nitrogens with zero attached hydrogens (tertiary/aromatic N) is 10. The van der Waals surface area contributed by atoms with Gasteiger partial charge in [-0.25, -0.2) is 29.9 Å². The lowest BCUT2D eigenvalue weighted by atomic mass is 10.0. The highest BCUT2D eigenvalue weighted by Crippen LogP contribution is 2.44. The van der Waals surface area contributed by atoms with Crippen molar-refractivity contribution in [2.75, 3.05) is 0 Å². The van der Waals surface area contributed by atoms with Crippen LogP contribution in [0, 0.1) is 0 Å². The molecule has 0 spiro atoms. The summed E-state index contributed by atoms with van der Waals surface area (Å²) in [6, 6.07) is 190. The second kappa shape index (κ2) is 39.7. The third kappa shape index (κ3) is 18.1. The zero-order valence-corrected chi connectivity index (χ0v) is 80.2. The minimum Gasteiger partial charge on any atom is -0.294 e. The molecule has 0 N–H and O–H groups in total. The summed E-state index contributed by atoms with van der Waals surface area (Å²) in [5.41, 5.74) is 38.3. The molecule has 0 unspecified atom stereocenters. The predicted octanol–water partition coefficient (Wildman–Crippen LogP) is 34.3. The summed E-state index contributed by atoms with van der Waals surface area (Å²) in [7, 11) is 0. The molecule has 10 nitrogen and oxygen atoms in total. The van der Waals surface area contributed by atoms with Crippen LogP contribution in [0.2, 0.25) is 0 Å². The lowest BCUT2D eigenvalue weighted by molar-refractivity contribution is -0.720. The maximum Gasteiger partial charge on any atom is 0.208 e. The van der Waals surface area contributed by atoms with Crippen LogP contribution in [-0.2, 0) is 0 Å². The van der Waals surface area contributed by atoms with Crippen LogP contribution in [-0.4, -0.2) is 43.7 Å². The second-order valence-corrected chi connectivity index (χ2v) is 36.8. The Morgan fingerprint density at radius 2 is 0.374 bits per heavy atom. The zero-order valence-electron chi connectivity index (χ0n) is 80.2. The van der Waals surface area contributed by atoms with E-state index in [0.717, 1.165) is 140 Å². The van der Waals surface area contributed by atoms with Crippen molar-refractivity contribution in [3.63, 3.8) is 0 Å². The molecule has 18 aromatic carbocycles. The third-order valence-electron chi connectivity index (χ3n) is 27.6. The molecule has 0 saturated heterocycles. The summed E-state index contributed by atoms with van der Waals surface area (Å²) in [4.78, 5) is 30.3. The van der Waals surface area contributed by atoms with Gasteiger partial charge < -0.3 is 0 Å². The zero-order chi connectivity index (χ0) is 97.7. The van der Waals surface area contributed by atoms with Crippen LogP contribution in [0.5, 0.6) is 0 Å². The SMILES string of the molecule is c1ccc(-c2ccc3c(c2)c2cc(-c4ccccc4)ccc2n3-[n+]2cccc(-c3cc(-c4ccccc4)nc(-c4ccccc4)c3)c2)cc1.c1ccc(-c2ccc3c(c2)c2cc(-c4ccccc4)ccc2n3-c2ccc(-c3cc(-c4ccccc4)nc(-c4ccccc4)c3)cn2)cc1.c1ccc(-c2ccc3c(c2)c2cc(-c4ccccc4)ccc2n3-c2ccc(-c3cc(-c4ccccc4)nc(-c4ccccc4)n3)cn2)cc1. The molecule has 27 aromatic rings. The van der Waals surface area contributed by atoms with Crippen molar-refractivity contribution < 1.29 is 4.68 Å². The van der Waals surface area contributed by atoms with E-state index in [0.29, 0.717) is 5.82 Å². The molecule has 0 amide bonds. The molecule has 0 fully saturated rings. The van der Waals surface area contributed by atoms with E-state index in [2.05, 4.69) is 498 Å². The normalized spacial score (nSPS) is 11.3. The Balaban J connectivity index is 0.000000115. The first-order valence-corrected chi connectivity index (χ1v) is 49.6. The maximum atomic E-state index is 5.11. The standard InChI is InChI=1S/C46H32N3.C46H31N3.C45H30N4/c1-5-14-33(15-6-1)37-23-25-45-41(28-37)42-29-38(34-16-7-2-8-17-34)24-26-46(42)49(45)48-27-13-22-39(32-48)40-30-43(35-18-9-3-10-19-35)47-44(31-40)36-20-11-4-12-21-36;1-5-13-32(14-6-1)36-21-24-44-40(27-36)41-28-37(33-15-7-2-8-16-33)22-25-45(41)49(44)46-26-23-38(31-47-46)39-29-42(34-17-9-3-10-18-34)48-43(30-39)35-19-11-4-12-20-35;1-5-13-31(14-6-1)35-21-24-42-38(27-35)39-28-36(32-15-7-2-8-16-32)22-25-43(39)49(42)44-26-23-37(30-46-44)41-29-40(33-17-9-3-10-18-33)47-45(48-41)34-19-11-4-12-20-34/h1-32H;1-31H;1-30H/q+1;;. The third-order valence-corrected chi connectivity index (χ3v) is 27.6. The summed E-state index contributed by atoms with van der Waals surface area (Å²) >= 11 is 0. The first kappa shape index (κ1) is 88.6. The topological polar surface area (TPSA) is 96.0 Å². The lowest BCUT2D eigenvalue weighted by Crippen LogP contribution is -2.40. The average Bonchev–Trinajstić information content (AvgIpc) is 1.59. The molecule has 690 valence electrons. The van der Waals surface area contributed by atoms with Crippen LogP contribution in [0.1, 0.15) is 0 Å². The molecule has 0 bridgehead atoms. The summed E-state index contributed by atoms with van der Waals surface area (Å²) < 4.78 is 9.10. The molecule has 0 saturated carbocycles. The number of hydrogen-bond acceptors (Lipinski definition) is 6. The quantitative estimate of drug-likeness (QED) is 0.0794. The summed E-state index contributed by atoms with van der Waals surface area (Å²) in [6.07, 6.45) is 8.28. The van der Waals surface area contributed by atoms with Crippen molar-refractivity contribution in [3.8, 4) is 180 Å². The Bertz CT molecular complexity index is 8600. The molecule has 9 heterocycles. The molecule has 147 heavy (non-hydrogen) atoms. The van der Waals surface area contributed by atoms with E-state index in [4.69, 9.17) is 29.9 Å². The predicted molar refractivity (Wildman–Crippen MR) is 607 cm³/mol. The van der Waals surface area contributed by atoms with Crippen LogP contribution >= 0.6 is 0 Å². The number of fused-ring (bicyclic) bond motifs is 9. The first-order valence-electron chi connectivity index (χ1n) is 49.6. The average molecular weight is 1880 g/mol. The van der Waals surface area contributed by atoms with Crippen molar-refractivity contribution in [1.29, 1.82) is 0 Å². The molecule has 10 heteroatoms. The van der Waals surface area contributed by atoms with E-state index in [-0.39, 0.29) is 0 Å². The van der Waals surface area contributed by atoms with Gasteiger partial charge in [0, 0.05) is 101 Å². The molecule has 0 radical (unpaired) electrons. The van der Waals surface area contributed by atoms with Gasteiger partial charge in [-0.05, 0) is 211 Å². The highest BCUT2D eigenvalue weighted by molar-refractivity contribution is 6.14. The van der Waals surface area contributed by atoms with Gasteiger partial charge in [-0.2, -0.15) is 0 Å². The molecular formula is C137H93N10+. The van der Waals surface area contributed by atoms with Gasteiger partial charge in [0.05, 0.1) is 56.2 Å².